The molecule has 7 heteroatoms. The van der Waals surface area contributed by atoms with Gasteiger partial charge in [-0.2, -0.15) is 0 Å². The van der Waals surface area contributed by atoms with Crippen molar-refractivity contribution in [2.75, 3.05) is 12.4 Å². The average Bonchev–Trinajstić information content (AvgIpc) is 3.27. The minimum Gasteiger partial charge on any atom is -0.465 e. The van der Waals surface area contributed by atoms with Crippen LogP contribution in [0.15, 0.2) is 33.5 Å². The van der Waals surface area contributed by atoms with Crippen molar-refractivity contribution in [3.63, 3.8) is 0 Å². The lowest BCUT2D eigenvalue weighted by atomic mass is 10.1. The highest BCUT2D eigenvalue weighted by Crippen LogP contribution is 2.39. The van der Waals surface area contributed by atoms with Gasteiger partial charge in [0.2, 0.25) is 0 Å². The second kappa shape index (κ2) is 7.24. The number of nitrogens with one attached hydrogen (secondary N) is 1. The SMILES string of the molecule is CCc1ccc2oc(C(=O)Nc3sc4c(c3C(=O)OC)CCC4)cc(=O)c2c1. The predicted octanol–water partition coefficient (Wildman–Crippen LogP) is 3.94. The molecule has 1 aromatic carbocycles. The molecular weight excluding hydrogens is 378 g/mol. The molecule has 28 heavy (non-hydrogen) atoms. The van der Waals surface area contributed by atoms with Crippen molar-refractivity contribution >= 4 is 39.2 Å². The van der Waals surface area contributed by atoms with Crippen LogP contribution in [0.4, 0.5) is 5.00 Å². The molecule has 0 spiro atoms. The number of benzene rings is 1. The molecule has 0 radical (unpaired) electrons. The van der Waals surface area contributed by atoms with E-state index in [1.807, 2.05) is 13.0 Å². The Kier molecular flexibility index (Phi) is 4.77. The van der Waals surface area contributed by atoms with Crippen molar-refractivity contribution in [1.82, 2.24) is 0 Å². The zero-order valence-electron chi connectivity index (χ0n) is 15.6. The number of esters is 1. The zero-order chi connectivity index (χ0) is 19.8. The van der Waals surface area contributed by atoms with Crippen LogP contribution in [0.1, 0.15) is 50.3 Å². The van der Waals surface area contributed by atoms with Crippen LogP contribution in [0.2, 0.25) is 0 Å². The van der Waals surface area contributed by atoms with Crippen LogP contribution < -0.4 is 10.7 Å². The number of thiophene rings is 1. The summed E-state index contributed by atoms with van der Waals surface area (Å²) in [5.41, 5.74) is 2.45. The molecule has 1 aliphatic carbocycles. The molecular formula is C21H19NO5S. The highest BCUT2D eigenvalue weighted by molar-refractivity contribution is 7.17. The van der Waals surface area contributed by atoms with E-state index < -0.39 is 11.9 Å². The number of amides is 1. The number of rotatable bonds is 4. The van der Waals surface area contributed by atoms with Crippen molar-refractivity contribution in [2.45, 2.75) is 32.6 Å². The van der Waals surface area contributed by atoms with Gasteiger partial charge in [0.1, 0.15) is 10.6 Å². The first kappa shape index (κ1) is 18.4. The highest BCUT2D eigenvalue weighted by atomic mass is 32.1. The second-order valence-corrected chi connectivity index (χ2v) is 7.77. The summed E-state index contributed by atoms with van der Waals surface area (Å²) in [4.78, 5) is 38.5. The molecule has 0 saturated heterocycles. The number of anilines is 1. The van der Waals surface area contributed by atoms with Crippen LogP contribution >= 0.6 is 11.3 Å². The molecule has 1 aliphatic rings. The summed E-state index contributed by atoms with van der Waals surface area (Å²) >= 11 is 1.38. The number of aryl methyl sites for hydroxylation is 2. The normalized spacial score (nSPS) is 12.8. The maximum atomic E-state index is 12.7. The summed E-state index contributed by atoms with van der Waals surface area (Å²) in [6.07, 6.45) is 3.46. The summed E-state index contributed by atoms with van der Waals surface area (Å²) in [5.74, 6) is -1.13. The van der Waals surface area contributed by atoms with Gasteiger partial charge in [0, 0.05) is 10.9 Å². The molecule has 1 amide bonds. The number of ether oxygens (including phenoxy) is 1. The monoisotopic (exact) mass is 397 g/mol. The summed E-state index contributed by atoms with van der Waals surface area (Å²) in [6.45, 7) is 2.00. The van der Waals surface area contributed by atoms with E-state index in [9.17, 15) is 14.4 Å². The van der Waals surface area contributed by atoms with Crippen molar-refractivity contribution < 1.29 is 18.7 Å². The number of hydrogen-bond acceptors (Lipinski definition) is 6. The molecule has 0 unspecified atom stereocenters. The van der Waals surface area contributed by atoms with Gasteiger partial charge in [-0.25, -0.2) is 4.79 Å². The van der Waals surface area contributed by atoms with Crippen LogP contribution in [-0.4, -0.2) is 19.0 Å². The number of hydrogen-bond donors (Lipinski definition) is 1. The van der Waals surface area contributed by atoms with E-state index in [0.717, 1.165) is 41.7 Å². The standard InChI is InChI=1S/C21H19NO5S/c1-3-11-7-8-15-13(9-11)14(23)10-16(27-15)19(24)22-20-18(21(25)26-2)12-5-4-6-17(12)28-20/h7-10H,3-6H2,1-2H3,(H,22,24). The summed E-state index contributed by atoms with van der Waals surface area (Å²) in [7, 11) is 1.32. The van der Waals surface area contributed by atoms with Gasteiger partial charge in [-0.3, -0.25) is 9.59 Å². The van der Waals surface area contributed by atoms with Gasteiger partial charge in [0.05, 0.1) is 18.1 Å². The number of carbonyl (C=O) groups excluding carboxylic acids is 2. The molecule has 1 N–H and O–H groups in total. The number of methoxy groups -OCH3 is 1. The molecule has 2 aromatic heterocycles. The van der Waals surface area contributed by atoms with Crippen molar-refractivity contribution in [1.29, 1.82) is 0 Å². The molecule has 0 bridgehead atoms. The smallest absolute Gasteiger partial charge is 0.341 e. The Labute approximate surface area is 165 Å². The van der Waals surface area contributed by atoms with Crippen LogP contribution in [0, 0.1) is 0 Å². The van der Waals surface area contributed by atoms with Gasteiger partial charge in [-0.15, -0.1) is 11.3 Å². The summed E-state index contributed by atoms with van der Waals surface area (Å²) in [5, 5.41) is 3.61. The molecule has 0 atom stereocenters. The van der Waals surface area contributed by atoms with Crippen LogP contribution in [0.3, 0.4) is 0 Å². The second-order valence-electron chi connectivity index (χ2n) is 6.67. The minimum atomic E-state index is -0.566. The van der Waals surface area contributed by atoms with Gasteiger partial charge in [-0.05, 0) is 48.9 Å². The molecule has 3 aromatic rings. The molecule has 4 rings (SSSR count). The van der Waals surface area contributed by atoms with E-state index in [1.165, 1.54) is 24.5 Å². The zero-order valence-corrected chi connectivity index (χ0v) is 16.4. The van der Waals surface area contributed by atoms with Crippen LogP contribution in [0.25, 0.3) is 11.0 Å². The number of carbonyl (C=O) groups is 2. The third-order valence-corrected chi connectivity index (χ3v) is 6.17. The largest absolute Gasteiger partial charge is 0.465 e. The molecule has 0 saturated carbocycles. The van der Waals surface area contributed by atoms with Crippen molar-refractivity contribution in [2.24, 2.45) is 0 Å². The Morgan fingerprint density at radius 1 is 1.25 bits per heavy atom. The van der Waals surface area contributed by atoms with E-state index in [2.05, 4.69) is 5.32 Å². The lowest BCUT2D eigenvalue weighted by Gasteiger charge is -2.07. The fraction of sp³-hybridized carbons (Fsp3) is 0.286. The Bertz CT molecular complexity index is 1160. The van der Waals surface area contributed by atoms with Crippen LogP contribution in [0.5, 0.6) is 0 Å². The summed E-state index contributed by atoms with van der Waals surface area (Å²) < 4.78 is 10.5. The predicted molar refractivity (Wildman–Crippen MR) is 107 cm³/mol. The van der Waals surface area contributed by atoms with Crippen molar-refractivity contribution in [3.8, 4) is 0 Å². The maximum Gasteiger partial charge on any atom is 0.341 e. The van der Waals surface area contributed by atoms with E-state index in [-0.39, 0.29) is 11.2 Å². The van der Waals surface area contributed by atoms with Gasteiger partial charge in [0.25, 0.3) is 5.91 Å². The van der Waals surface area contributed by atoms with E-state index in [4.69, 9.17) is 9.15 Å². The van der Waals surface area contributed by atoms with E-state index in [0.29, 0.717) is 21.5 Å². The Hall–Kier alpha value is -2.93. The molecule has 0 aliphatic heterocycles. The van der Waals surface area contributed by atoms with Gasteiger partial charge in [0.15, 0.2) is 11.2 Å². The third kappa shape index (κ3) is 3.11. The lowest BCUT2D eigenvalue weighted by molar-refractivity contribution is 0.0601. The lowest BCUT2D eigenvalue weighted by Crippen LogP contribution is -2.16. The first-order valence-corrected chi connectivity index (χ1v) is 9.94. The topological polar surface area (TPSA) is 85.6 Å². The quantitative estimate of drug-likeness (QED) is 0.674. The van der Waals surface area contributed by atoms with Crippen LogP contribution in [-0.2, 0) is 24.0 Å². The first-order valence-electron chi connectivity index (χ1n) is 9.12. The fourth-order valence-electron chi connectivity index (χ4n) is 3.51. The number of fused-ring (bicyclic) bond motifs is 2. The third-order valence-electron chi connectivity index (χ3n) is 4.96. The minimum absolute atomic E-state index is 0.0916. The Balaban J connectivity index is 1.70. The van der Waals surface area contributed by atoms with E-state index in [1.54, 1.807) is 12.1 Å². The molecule has 0 fully saturated rings. The van der Waals surface area contributed by atoms with E-state index >= 15 is 0 Å². The molecule has 6 nitrogen and oxygen atoms in total. The van der Waals surface area contributed by atoms with Crippen molar-refractivity contribution in [3.05, 3.63) is 61.8 Å². The first-order chi connectivity index (χ1) is 13.5. The summed E-state index contributed by atoms with van der Waals surface area (Å²) in [6, 6.07) is 6.54. The maximum absolute atomic E-state index is 12.7. The van der Waals surface area contributed by atoms with Gasteiger partial charge < -0.3 is 14.5 Å². The molecule has 2 heterocycles. The Morgan fingerprint density at radius 2 is 2.07 bits per heavy atom. The fourth-order valence-corrected chi connectivity index (χ4v) is 4.78. The van der Waals surface area contributed by atoms with Gasteiger partial charge in [-0.1, -0.05) is 13.0 Å². The van der Waals surface area contributed by atoms with Gasteiger partial charge >= 0.3 is 5.97 Å². The highest BCUT2D eigenvalue weighted by Gasteiger charge is 2.28. The average molecular weight is 397 g/mol. The Morgan fingerprint density at radius 3 is 2.82 bits per heavy atom. The molecule has 144 valence electrons.